The first-order valence-electron chi connectivity index (χ1n) is 10.3. The first kappa shape index (κ1) is 18.1. The Bertz CT molecular complexity index is 620. The molecule has 4 nitrogen and oxygen atoms in total. The minimum atomic E-state index is -0.442. The predicted octanol–water partition coefficient (Wildman–Crippen LogP) is 4.57. The summed E-state index contributed by atoms with van der Waals surface area (Å²) >= 11 is 0. The molecule has 3 unspecified atom stereocenters. The van der Waals surface area contributed by atoms with E-state index in [1.807, 2.05) is 0 Å². The summed E-state index contributed by atoms with van der Waals surface area (Å²) in [6.45, 7) is 5.81. The maximum absolute atomic E-state index is 13.5. The fraction of sp³-hybridized carbons (Fsp3) is 0.818. The van der Waals surface area contributed by atoms with Crippen LogP contribution >= 0.6 is 0 Å². The second kappa shape index (κ2) is 6.10. The highest BCUT2D eigenvalue weighted by atomic mass is 16.6. The maximum Gasteiger partial charge on any atom is 0.312 e. The third-order valence-electron chi connectivity index (χ3n) is 7.51. The second-order valence-electron chi connectivity index (χ2n) is 9.84. The number of carbonyl (C=O) groups is 2. The molecule has 0 spiro atoms. The molecule has 26 heavy (non-hydrogen) atoms. The van der Waals surface area contributed by atoms with Gasteiger partial charge < -0.3 is 9.47 Å². The molecule has 0 N–H and O–H groups in total. The van der Waals surface area contributed by atoms with Crippen LogP contribution in [0.5, 0.6) is 0 Å². The summed E-state index contributed by atoms with van der Waals surface area (Å²) in [4.78, 5) is 25.2. The number of carbonyl (C=O) groups excluding carboxylic acids is 2. The van der Waals surface area contributed by atoms with Crippen LogP contribution < -0.4 is 0 Å². The molecule has 0 aromatic heterocycles. The number of rotatable bonds is 4. The molecule has 5 aliphatic rings. The Kier molecular flexibility index (Phi) is 4.24. The minimum Gasteiger partial charge on any atom is -0.459 e. The van der Waals surface area contributed by atoms with E-state index < -0.39 is 11.0 Å². The van der Waals surface area contributed by atoms with Gasteiger partial charge in [0.15, 0.2) is 0 Å². The van der Waals surface area contributed by atoms with Gasteiger partial charge in [-0.25, -0.2) is 0 Å². The number of ether oxygens (including phenoxy) is 2. The second-order valence-corrected chi connectivity index (χ2v) is 9.84. The molecule has 5 aliphatic carbocycles. The molecule has 0 heterocycles. The predicted molar refractivity (Wildman–Crippen MR) is 98.3 cm³/mol. The highest BCUT2D eigenvalue weighted by Crippen LogP contribution is 2.63. The van der Waals surface area contributed by atoms with Crippen LogP contribution in [-0.4, -0.2) is 23.1 Å². The van der Waals surface area contributed by atoms with E-state index in [-0.39, 0.29) is 17.5 Å². The zero-order valence-corrected chi connectivity index (χ0v) is 16.4. The van der Waals surface area contributed by atoms with E-state index in [4.69, 9.17) is 9.47 Å². The molecule has 0 aliphatic heterocycles. The first-order valence-corrected chi connectivity index (χ1v) is 10.3. The number of hydrogen-bond donors (Lipinski definition) is 0. The first-order chi connectivity index (χ1) is 12.3. The SMILES string of the molecule is CC(=O)OC12CC3CC(C1)CC(C(=O)OC1(C(C)C)CC=CCC1)(C3)C2. The van der Waals surface area contributed by atoms with Gasteiger partial charge in [-0.05, 0) is 62.7 Å². The third kappa shape index (κ3) is 2.90. The summed E-state index contributed by atoms with van der Waals surface area (Å²) in [5, 5.41) is 0. The fourth-order valence-electron chi connectivity index (χ4n) is 6.70. The van der Waals surface area contributed by atoms with Crippen LogP contribution in [0.1, 0.15) is 78.6 Å². The summed E-state index contributed by atoms with van der Waals surface area (Å²) in [7, 11) is 0. The van der Waals surface area contributed by atoms with E-state index in [1.54, 1.807) is 0 Å². The average molecular weight is 360 g/mol. The fourth-order valence-corrected chi connectivity index (χ4v) is 6.70. The van der Waals surface area contributed by atoms with Gasteiger partial charge in [-0.3, -0.25) is 9.59 Å². The van der Waals surface area contributed by atoms with Crippen LogP contribution in [0.4, 0.5) is 0 Å². The standard InChI is InChI=1S/C22H32O4/c1-15(2)22(7-5-4-6-8-22)26-19(24)20-10-17-9-18(11-20)13-21(12-17,14-20)25-16(3)23/h4-5,15,17-18H,6-14H2,1-3H3. The molecule has 0 aromatic carbocycles. The highest BCUT2D eigenvalue weighted by Gasteiger charge is 2.63. The third-order valence-corrected chi connectivity index (χ3v) is 7.51. The zero-order chi connectivity index (χ0) is 18.6. The summed E-state index contributed by atoms with van der Waals surface area (Å²) in [6.07, 6.45) is 12.6. The minimum absolute atomic E-state index is 0.0212. The van der Waals surface area contributed by atoms with Crippen LogP contribution in [0, 0.1) is 23.2 Å². The van der Waals surface area contributed by atoms with Gasteiger partial charge in [0.05, 0.1) is 5.41 Å². The average Bonchev–Trinajstić information content (AvgIpc) is 2.53. The molecule has 0 saturated heterocycles. The smallest absolute Gasteiger partial charge is 0.312 e. The van der Waals surface area contributed by atoms with Gasteiger partial charge >= 0.3 is 11.9 Å². The van der Waals surface area contributed by atoms with Crippen molar-refractivity contribution in [3.63, 3.8) is 0 Å². The molecule has 4 fully saturated rings. The summed E-state index contributed by atoms with van der Waals surface area (Å²) in [6, 6.07) is 0. The summed E-state index contributed by atoms with van der Waals surface area (Å²) in [5.74, 6) is 1.04. The molecule has 4 heteroatoms. The van der Waals surface area contributed by atoms with Gasteiger partial charge in [0.25, 0.3) is 0 Å². The van der Waals surface area contributed by atoms with Crippen LogP contribution in [-0.2, 0) is 19.1 Å². The molecular formula is C22H32O4. The molecule has 0 amide bonds. The van der Waals surface area contributed by atoms with Crippen LogP contribution in [0.3, 0.4) is 0 Å². The molecule has 3 atom stereocenters. The monoisotopic (exact) mass is 360 g/mol. The van der Waals surface area contributed by atoms with Crippen molar-refractivity contribution >= 4 is 11.9 Å². The molecule has 144 valence electrons. The number of esters is 2. The van der Waals surface area contributed by atoms with E-state index in [0.717, 1.165) is 44.9 Å². The van der Waals surface area contributed by atoms with Crippen molar-refractivity contribution < 1.29 is 19.1 Å². The van der Waals surface area contributed by atoms with Crippen molar-refractivity contribution in [3.05, 3.63) is 12.2 Å². The number of hydrogen-bond acceptors (Lipinski definition) is 4. The van der Waals surface area contributed by atoms with Crippen LogP contribution in [0.25, 0.3) is 0 Å². The van der Waals surface area contributed by atoms with E-state index in [9.17, 15) is 9.59 Å². The van der Waals surface area contributed by atoms with E-state index in [2.05, 4.69) is 26.0 Å². The van der Waals surface area contributed by atoms with E-state index in [1.165, 1.54) is 13.3 Å². The Morgan fingerprint density at radius 2 is 1.73 bits per heavy atom. The Hall–Kier alpha value is -1.32. The van der Waals surface area contributed by atoms with Crippen LogP contribution in [0.2, 0.25) is 0 Å². The summed E-state index contributed by atoms with van der Waals surface area (Å²) < 4.78 is 12.2. The lowest BCUT2D eigenvalue weighted by molar-refractivity contribution is -0.221. The molecule has 0 aromatic rings. The lowest BCUT2D eigenvalue weighted by Gasteiger charge is -2.60. The van der Waals surface area contributed by atoms with Gasteiger partial charge in [-0.2, -0.15) is 0 Å². The topological polar surface area (TPSA) is 52.6 Å². The lowest BCUT2D eigenvalue weighted by atomic mass is 9.48. The Morgan fingerprint density at radius 1 is 1.04 bits per heavy atom. The van der Waals surface area contributed by atoms with Crippen molar-refractivity contribution in [3.8, 4) is 0 Å². The molecular weight excluding hydrogens is 328 g/mol. The van der Waals surface area contributed by atoms with Crippen molar-refractivity contribution in [2.45, 2.75) is 89.8 Å². The zero-order valence-electron chi connectivity index (χ0n) is 16.4. The van der Waals surface area contributed by atoms with Crippen molar-refractivity contribution in [1.82, 2.24) is 0 Å². The Labute approximate surface area is 156 Å². The van der Waals surface area contributed by atoms with Crippen molar-refractivity contribution in [2.75, 3.05) is 0 Å². The highest BCUT2D eigenvalue weighted by molar-refractivity contribution is 5.78. The summed E-state index contributed by atoms with van der Waals surface area (Å²) in [5.41, 5.74) is -1.24. The van der Waals surface area contributed by atoms with Gasteiger partial charge in [-0.15, -0.1) is 0 Å². The van der Waals surface area contributed by atoms with Crippen LogP contribution in [0.15, 0.2) is 12.2 Å². The molecule has 0 radical (unpaired) electrons. The molecule has 4 bridgehead atoms. The van der Waals surface area contributed by atoms with Gasteiger partial charge in [-0.1, -0.05) is 26.0 Å². The molecule has 5 rings (SSSR count). The van der Waals surface area contributed by atoms with Gasteiger partial charge in [0.1, 0.15) is 11.2 Å². The number of allylic oxidation sites excluding steroid dienone is 1. The largest absolute Gasteiger partial charge is 0.459 e. The van der Waals surface area contributed by atoms with Gasteiger partial charge in [0, 0.05) is 19.8 Å². The van der Waals surface area contributed by atoms with E-state index in [0.29, 0.717) is 24.2 Å². The van der Waals surface area contributed by atoms with Gasteiger partial charge in [0.2, 0.25) is 0 Å². The molecule has 4 saturated carbocycles. The lowest BCUT2D eigenvalue weighted by Crippen LogP contribution is -2.61. The van der Waals surface area contributed by atoms with Crippen molar-refractivity contribution in [1.29, 1.82) is 0 Å². The maximum atomic E-state index is 13.5. The Balaban J connectivity index is 1.59. The normalized spacial score (nSPS) is 43.5. The Morgan fingerprint density at radius 3 is 2.27 bits per heavy atom. The quantitative estimate of drug-likeness (QED) is 0.544. The van der Waals surface area contributed by atoms with Crippen molar-refractivity contribution in [2.24, 2.45) is 23.2 Å². The van der Waals surface area contributed by atoms with E-state index >= 15 is 0 Å².